The van der Waals surface area contributed by atoms with Crippen LogP contribution >= 0.6 is 11.6 Å². The van der Waals surface area contributed by atoms with E-state index in [2.05, 4.69) is 33.1 Å². The van der Waals surface area contributed by atoms with Gasteiger partial charge in [0.2, 0.25) is 0 Å². The summed E-state index contributed by atoms with van der Waals surface area (Å²) in [6.07, 6.45) is 3.84. The number of fused-ring (bicyclic) bond motifs is 1. The summed E-state index contributed by atoms with van der Waals surface area (Å²) in [7, 11) is 0. The zero-order chi connectivity index (χ0) is 19.0. The number of aromatic nitrogens is 4. The molecule has 2 aromatic heterocycles. The fraction of sp³-hybridized carbons (Fsp3) is 0.368. The second kappa shape index (κ2) is 6.80. The number of halogens is 1. The summed E-state index contributed by atoms with van der Waals surface area (Å²) in [5.41, 5.74) is 9.02. The van der Waals surface area contributed by atoms with Crippen molar-refractivity contribution in [3.63, 3.8) is 0 Å². The number of nitrogens with zero attached hydrogens (tertiary/aromatic N) is 5. The van der Waals surface area contributed by atoms with Gasteiger partial charge in [-0.2, -0.15) is 10.4 Å². The van der Waals surface area contributed by atoms with Crippen LogP contribution in [0.2, 0.25) is 5.02 Å². The molecule has 4 rings (SSSR count). The van der Waals surface area contributed by atoms with Crippen LogP contribution < -0.4 is 10.6 Å². The zero-order valence-corrected chi connectivity index (χ0v) is 15.8. The molecule has 8 heteroatoms. The molecule has 138 valence electrons. The number of rotatable bonds is 3. The highest BCUT2D eigenvalue weighted by Gasteiger charge is 2.29. The molecule has 1 aromatic carbocycles. The number of hydrogen-bond acceptors (Lipinski definition) is 6. The Hall–Kier alpha value is -2.69. The Morgan fingerprint density at radius 1 is 1.37 bits per heavy atom. The second-order valence-corrected chi connectivity index (χ2v) is 7.66. The molecule has 0 amide bonds. The van der Waals surface area contributed by atoms with Crippen LogP contribution in [0, 0.1) is 16.7 Å². The van der Waals surface area contributed by atoms with Crippen molar-refractivity contribution in [3.05, 3.63) is 35.0 Å². The standard InChI is InChI=1S/C19H20ClN7/c1-19(11-22)5-7-27(8-6-19)14-10-23-17-16(25-26-18(17)24-14)13-4-2-3-12(9-21)15(13)20/h2-4,10H,5-8,11,22H2,1H3,(H,24,25,26). The molecule has 0 aliphatic carbocycles. The molecule has 3 N–H and O–H groups in total. The summed E-state index contributed by atoms with van der Waals surface area (Å²) in [6, 6.07) is 7.37. The first-order valence-corrected chi connectivity index (χ1v) is 9.27. The van der Waals surface area contributed by atoms with Crippen molar-refractivity contribution in [2.75, 3.05) is 24.5 Å². The van der Waals surface area contributed by atoms with E-state index in [1.165, 1.54) is 0 Å². The highest BCUT2D eigenvalue weighted by Crippen LogP contribution is 2.34. The van der Waals surface area contributed by atoms with Gasteiger partial charge in [-0.1, -0.05) is 30.7 Å². The van der Waals surface area contributed by atoms with Crippen molar-refractivity contribution in [1.82, 2.24) is 20.2 Å². The van der Waals surface area contributed by atoms with Crippen molar-refractivity contribution >= 4 is 28.6 Å². The highest BCUT2D eigenvalue weighted by atomic mass is 35.5. The first-order valence-electron chi connectivity index (χ1n) is 8.90. The summed E-state index contributed by atoms with van der Waals surface area (Å²) in [6.45, 7) is 4.76. The Kier molecular flexibility index (Phi) is 4.46. The van der Waals surface area contributed by atoms with Crippen LogP contribution in [0.15, 0.2) is 24.4 Å². The molecule has 1 saturated heterocycles. The van der Waals surface area contributed by atoms with Crippen LogP contribution in [-0.2, 0) is 0 Å². The van der Waals surface area contributed by atoms with E-state index in [4.69, 9.17) is 22.3 Å². The lowest BCUT2D eigenvalue weighted by atomic mass is 9.80. The molecule has 27 heavy (non-hydrogen) atoms. The van der Waals surface area contributed by atoms with Crippen molar-refractivity contribution in [1.29, 1.82) is 5.26 Å². The lowest BCUT2D eigenvalue weighted by Gasteiger charge is -2.39. The third kappa shape index (κ3) is 3.11. The number of benzene rings is 1. The molecule has 7 nitrogen and oxygen atoms in total. The van der Waals surface area contributed by atoms with Gasteiger partial charge in [0, 0.05) is 18.7 Å². The van der Waals surface area contributed by atoms with Gasteiger partial charge in [0.1, 0.15) is 23.1 Å². The number of aromatic amines is 1. The molecule has 1 fully saturated rings. The Morgan fingerprint density at radius 3 is 2.85 bits per heavy atom. The molecule has 0 saturated carbocycles. The van der Waals surface area contributed by atoms with Gasteiger partial charge in [-0.3, -0.25) is 5.10 Å². The van der Waals surface area contributed by atoms with Gasteiger partial charge < -0.3 is 10.6 Å². The molecule has 1 aliphatic rings. The molecule has 0 radical (unpaired) electrons. The summed E-state index contributed by atoms with van der Waals surface area (Å²) >= 11 is 6.35. The predicted octanol–water partition coefficient (Wildman–Crippen LogP) is 3.11. The molecule has 0 bridgehead atoms. The van der Waals surface area contributed by atoms with E-state index in [9.17, 15) is 5.26 Å². The highest BCUT2D eigenvalue weighted by molar-refractivity contribution is 6.34. The maximum Gasteiger partial charge on any atom is 0.177 e. The average Bonchev–Trinajstić information content (AvgIpc) is 3.12. The average molecular weight is 382 g/mol. The number of H-pyrrole nitrogens is 1. The fourth-order valence-electron chi connectivity index (χ4n) is 3.41. The zero-order valence-electron chi connectivity index (χ0n) is 15.0. The smallest absolute Gasteiger partial charge is 0.177 e. The first-order chi connectivity index (χ1) is 13.0. The number of anilines is 1. The van der Waals surface area contributed by atoms with Gasteiger partial charge in [0.05, 0.1) is 16.8 Å². The monoisotopic (exact) mass is 381 g/mol. The van der Waals surface area contributed by atoms with Crippen LogP contribution in [0.4, 0.5) is 5.82 Å². The van der Waals surface area contributed by atoms with E-state index in [1.807, 2.05) is 6.07 Å². The number of nitrogens with one attached hydrogen (secondary N) is 1. The lowest BCUT2D eigenvalue weighted by molar-refractivity contribution is 0.258. The first kappa shape index (κ1) is 17.7. The number of piperidine rings is 1. The molecule has 1 aliphatic heterocycles. The molecular weight excluding hydrogens is 362 g/mol. The number of nitriles is 1. The van der Waals surface area contributed by atoms with Crippen molar-refractivity contribution in [2.45, 2.75) is 19.8 Å². The van der Waals surface area contributed by atoms with E-state index in [0.717, 1.165) is 31.7 Å². The second-order valence-electron chi connectivity index (χ2n) is 7.28. The van der Waals surface area contributed by atoms with Crippen molar-refractivity contribution in [3.8, 4) is 17.3 Å². The van der Waals surface area contributed by atoms with Crippen LogP contribution in [-0.4, -0.2) is 39.8 Å². The third-order valence-corrected chi connectivity index (χ3v) is 5.83. The minimum Gasteiger partial charge on any atom is -0.355 e. The van der Waals surface area contributed by atoms with Gasteiger partial charge in [-0.15, -0.1) is 0 Å². The minimum atomic E-state index is 0.206. The van der Waals surface area contributed by atoms with E-state index in [-0.39, 0.29) is 5.41 Å². The third-order valence-electron chi connectivity index (χ3n) is 5.42. The summed E-state index contributed by atoms with van der Waals surface area (Å²) in [5.74, 6) is 0.827. The summed E-state index contributed by atoms with van der Waals surface area (Å²) in [5, 5.41) is 16.8. The van der Waals surface area contributed by atoms with Crippen LogP contribution in [0.1, 0.15) is 25.3 Å². The van der Waals surface area contributed by atoms with Crippen LogP contribution in [0.25, 0.3) is 22.4 Å². The lowest BCUT2D eigenvalue weighted by Crippen LogP contribution is -2.42. The predicted molar refractivity (Wildman–Crippen MR) is 105 cm³/mol. The van der Waals surface area contributed by atoms with Crippen molar-refractivity contribution in [2.24, 2.45) is 11.1 Å². The maximum atomic E-state index is 9.19. The van der Waals surface area contributed by atoms with E-state index >= 15 is 0 Å². The summed E-state index contributed by atoms with van der Waals surface area (Å²) < 4.78 is 0. The van der Waals surface area contributed by atoms with Gasteiger partial charge in [-0.25, -0.2) is 9.97 Å². The molecule has 3 aromatic rings. The molecule has 0 spiro atoms. The normalized spacial score (nSPS) is 16.4. The molecule has 3 heterocycles. The SMILES string of the molecule is CC1(CN)CCN(c2cnc3c(-c4cccc(C#N)c4Cl)n[nH]c3n2)CC1. The van der Waals surface area contributed by atoms with E-state index in [0.29, 0.717) is 39.6 Å². The topological polar surface area (TPSA) is 108 Å². The maximum absolute atomic E-state index is 9.19. The fourth-order valence-corrected chi connectivity index (χ4v) is 3.67. The molecular formula is C19H20ClN7. The minimum absolute atomic E-state index is 0.206. The van der Waals surface area contributed by atoms with Gasteiger partial charge in [0.25, 0.3) is 0 Å². The van der Waals surface area contributed by atoms with E-state index < -0.39 is 0 Å². The van der Waals surface area contributed by atoms with Gasteiger partial charge in [0.15, 0.2) is 5.65 Å². The summed E-state index contributed by atoms with van der Waals surface area (Å²) in [4.78, 5) is 11.5. The quantitative estimate of drug-likeness (QED) is 0.721. The molecule has 0 unspecified atom stereocenters. The largest absolute Gasteiger partial charge is 0.355 e. The Labute approximate surface area is 162 Å². The Morgan fingerprint density at radius 2 is 2.15 bits per heavy atom. The van der Waals surface area contributed by atoms with Crippen LogP contribution in [0.5, 0.6) is 0 Å². The van der Waals surface area contributed by atoms with Gasteiger partial charge >= 0.3 is 0 Å². The Bertz CT molecular complexity index is 1030. The van der Waals surface area contributed by atoms with Crippen LogP contribution in [0.3, 0.4) is 0 Å². The number of nitrogens with two attached hydrogens (primary N) is 1. The Balaban J connectivity index is 1.66. The van der Waals surface area contributed by atoms with E-state index in [1.54, 1.807) is 18.3 Å². The van der Waals surface area contributed by atoms with Crippen molar-refractivity contribution < 1.29 is 0 Å². The van der Waals surface area contributed by atoms with Gasteiger partial charge in [-0.05, 0) is 30.9 Å². The number of hydrogen-bond donors (Lipinski definition) is 2. The molecule has 0 atom stereocenters.